The number of aryl methyl sites for hydroxylation is 1. The molecule has 0 aromatic heterocycles. The Morgan fingerprint density at radius 2 is 2.23 bits per heavy atom. The van der Waals surface area contributed by atoms with Gasteiger partial charge in [-0.3, -0.25) is 4.79 Å². The number of aldehydes is 1. The molecule has 1 aromatic carbocycles. The van der Waals surface area contributed by atoms with Crippen LogP contribution in [-0.4, -0.2) is 12.8 Å². The van der Waals surface area contributed by atoms with Crippen LogP contribution in [0.25, 0.3) is 6.08 Å². The van der Waals surface area contributed by atoms with Crippen LogP contribution in [0.5, 0.6) is 0 Å². The SMILES string of the molecule is Cc1ccc(C=O)cc1C=CCN. The molecule has 13 heavy (non-hydrogen) atoms. The molecule has 0 heterocycles. The molecule has 0 aliphatic carbocycles. The molecular formula is C11H13NO. The third-order valence-electron chi connectivity index (χ3n) is 1.87. The first-order valence-corrected chi connectivity index (χ1v) is 4.20. The molecule has 2 heteroatoms. The van der Waals surface area contributed by atoms with Gasteiger partial charge in [0.25, 0.3) is 0 Å². The van der Waals surface area contributed by atoms with E-state index in [1.165, 1.54) is 0 Å². The van der Waals surface area contributed by atoms with Crippen LogP contribution in [0, 0.1) is 6.92 Å². The largest absolute Gasteiger partial charge is 0.327 e. The predicted octanol–water partition coefficient (Wildman–Crippen LogP) is 1.78. The van der Waals surface area contributed by atoms with Crippen molar-refractivity contribution in [2.24, 2.45) is 5.73 Å². The Bertz CT molecular complexity index is 329. The van der Waals surface area contributed by atoms with Gasteiger partial charge in [0.2, 0.25) is 0 Å². The average molecular weight is 175 g/mol. The van der Waals surface area contributed by atoms with Gasteiger partial charge in [0.15, 0.2) is 0 Å². The zero-order valence-electron chi connectivity index (χ0n) is 7.66. The van der Waals surface area contributed by atoms with Gasteiger partial charge in [-0.15, -0.1) is 0 Å². The standard InChI is InChI=1S/C11H13NO/c1-9-4-5-10(8-13)7-11(9)3-2-6-12/h2-5,7-8H,6,12H2,1H3. The van der Waals surface area contributed by atoms with Crippen molar-refractivity contribution in [1.82, 2.24) is 0 Å². The highest BCUT2D eigenvalue weighted by molar-refractivity contribution is 5.76. The highest BCUT2D eigenvalue weighted by Gasteiger charge is 1.95. The van der Waals surface area contributed by atoms with Gasteiger partial charge in [-0.05, 0) is 24.1 Å². The Kier molecular flexibility index (Phi) is 3.41. The predicted molar refractivity (Wildman–Crippen MR) is 54.7 cm³/mol. The zero-order chi connectivity index (χ0) is 9.68. The fourth-order valence-corrected chi connectivity index (χ4v) is 1.11. The van der Waals surface area contributed by atoms with Gasteiger partial charge in [-0.2, -0.15) is 0 Å². The minimum absolute atomic E-state index is 0.519. The molecule has 1 aromatic rings. The van der Waals surface area contributed by atoms with Gasteiger partial charge in [-0.1, -0.05) is 24.3 Å². The van der Waals surface area contributed by atoms with Gasteiger partial charge in [0.05, 0.1) is 0 Å². The minimum atomic E-state index is 0.519. The Hall–Kier alpha value is -1.41. The van der Waals surface area contributed by atoms with E-state index in [0.717, 1.165) is 17.4 Å². The lowest BCUT2D eigenvalue weighted by molar-refractivity contribution is 0.112. The summed E-state index contributed by atoms with van der Waals surface area (Å²) in [6.07, 6.45) is 4.65. The van der Waals surface area contributed by atoms with E-state index >= 15 is 0 Å². The normalized spacial score (nSPS) is 10.6. The summed E-state index contributed by atoms with van der Waals surface area (Å²) in [6.45, 7) is 2.52. The van der Waals surface area contributed by atoms with Crippen molar-refractivity contribution in [1.29, 1.82) is 0 Å². The molecule has 0 fully saturated rings. The quantitative estimate of drug-likeness (QED) is 0.711. The van der Waals surface area contributed by atoms with Crippen molar-refractivity contribution in [3.05, 3.63) is 41.0 Å². The van der Waals surface area contributed by atoms with Crippen LogP contribution in [0.3, 0.4) is 0 Å². The summed E-state index contributed by atoms with van der Waals surface area (Å²) in [5.41, 5.74) is 8.24. The number of benzene rings is 1. The average Bonchev–Trinajstić information content (AvgIpc) is 2.17. The highest BCUT2D eigenvalue weighted by Crippen LogP contribution is 2.11. The van der Waals surface area contributed by atoms with Gasteiger partial charge in [-0.25, -0.2) is 0 Å². The van der Waals surface area contributed by atoms with Crippen LogP contribution in [0.2, 0.25) is 0 Å². The van der Waals surface area contributed by atoms with E-state index in [1.807, 2.05) is 37.3 Å². The lowest BCUT2D eigenvalue weighted by Crippen LogP contribution is -1.92. The van der Waals surface area contributed by atoms with Crippen molar-refractivity contribution in [2.75, 3.05) is 6.54 Å². The maximum Gasteiger partial charge on any atom is 0.150 e. The highest BCUT2D eigenvalue weighted by atomic mass is 16.1. The van der Waals surface area contributed by atoms with E-state index in [9.17, 15) is 4.79 Å². The summed E-state index contributed by atoms with van der Waals surface area (Å²) >= 11 is 0. The van der Waals surface area contributed by atoms with Gasteiger partial charge >= 0.3 is 0 Å². The lowest BCUT2D eigenvalue weighted by atomic mass is 10.1. The molecule has 0 unspecified atom stereocenters. The molecule has 0 bridgehead atoms. The fraction of sp³-hybridized carbons (Fsp3) is 0.182. The molecule has 0 saturated carbocycles. The second-order valence-electron chi connectivity index (χ2n) is 2.87. The number of carbonyl (C=O) groups excluding carboxylic acids is 1. The van der Waals surface area contributed by atoms with Crippen LogP contribution in [0.1, 0.15) is 21.5 Å². The molecule has 68 valence electrons. The van der Waals surface area contributed by atoms with Crippen molar-refractivity contribution in [3.8, 4) is 0 Å². The molecule has 0 amide bonds. The second kappa shape index (κ2) is 4.58. The minimum Gasteiger partial charge on any atom is -0.327 e. The van der Waals surface area contributed by atoms with E-state index in [1.54, 1.807) is 0 Å². The van der Waals surface area contributed by atoms with E-state index in [-0.39, 0.29) is 0 Å². The van der Waals surface area contributed by atoms with E-state index in [0.29, 0.717) is 12.1 Å². The third kappa shape index (κ3) is 2.53. The van der Waals surface area contributed by atoms with E-state index < -0.39 is 0 Å². The van der Waals surface area contributed by atoms with Crippen LogP contribution in [0.15, 0.2) is 24.3 Å². The van der Waals surface area contributed by atoms with Crippen LogP contribution < -0.4 is 5.73 Å². The van der Waals surface area contributed by atoms with E-state index in [2.05, 4.69) is 0 Å². The first-order chi connectivity index (χ1) is 6.27. The van der Waals surface area contributed by atoms with Gasteiger partial charge in [0.1, 0.15) is 6.29 Å². The topological polar surface area (TPSA) is 43.1 Å². The number of carbonyl (C=O) groups is 1. The van der Waals surface area contributed by atoms with Crippen LogP contribution >= 0.6 is 0 Å². The molecule has 1 rings (SSSR count). The monoisotopic (exact) mass is 175 g/mol. The number of nitrogens with two attached hydrogens (primary N) is 1. The Morgan fingerprint density at radius 1 is 1.46 bits per heavy atom. The molecule has 2 N–H and O–H groups in total. The maximum absolute atomic E-state index is 10.5. The van der Waals surface area contributed by atoms with Gasteiger partial charge < -0.3 is 5.73 Å². The summed E-state index contributed by atoms with van der Waals surface area (Å²) in [4.78, 5) is 10.5. The van der Waals surface area contributed by atoms with Crippen molar-refractivity contribution in [3.63, 3.8) is 0 Å². The smallest absolute Gasteiger partial charge is 0.150 e. The van der Waals surface area contributed by atoms with Crippen LogP contribution in [-0.2, 0) is 0 Å². The Morgan fingerprint density at radius 3 is 2.85 bits per heavy atom. The van der Waals surface area contributed by atoms with Crippen LogP contribution in [0.4, 0.5) is 0 Å². The molecule has 0 atom stereocenters. The molecule has 2 nitrogen and oxygen atoms in total. The fourth-order valence-electron chi connectivity index (χ4n) is 1.11. The number of hydrogen-bond donors (Lipinski definition) is 1. The number of rotatable bonds is 3. The molecule has 0 aliphatic heterocycles. The Labute approximate surface area is 78.1 Å². The lowest BCUT2D eigenvalue weighted by Gasteiger charge is -2.00. The molecular weight excluding hydrogens is 162 g/mol. The first kappa shape index (κ1) is 9.68. The molecule has 0 saturated heterocycles. The van der Waals surface area contributed by atoms with Crippen molar-refractivity contribution in [2.45, 2.75) is 6.92 Å². The summed E-state index contributed by atoms with van der Waals surface area (Å²) in [5.74, 6) is 0. The summed E-state index contributed by atoms with van der Waals surface area (Å²) in [7, 11) is 0. The summed E-state index contributed by atoms with van der Waals surface area (Å²) in [5, 5.41) is 0. The third-order valence-corrected chi connectivity index (χ3v) is 1.87. The molecule has 0 aliphatic rings. The van der Waals surface area contributed by atoms with Gasteiger partial charge in [0, 0.05) is 12.1 Å². The number of hydrogen-bond acceptors (Lipinski definition) is 2. The summed E-state index contributed by atoms with van der Waals surface area (Å²) in [6, 6.07) is 5.59. The molecule has 0 radical (unpaired) electrons. The first-order valence-electron chi connectivity index (χ1n) is 4.20. The van der Waals surface area contributed by atoms with E-state index in [4.69, 9.17) is 5.73 Å². The van der Waals surface area contributed by atoms with Crippen molar-refractivity contribution >= 4 is 12.4 Å². The second-order valence-corrected chi connectivity index (χ2v) is 2.87. The Balaban J connectivity index is 3.03. The maximum atomic E-state index is 10.5. The molecule has 0 spiro atoms. The summed E-state index contributed by atoms with van der Waals surface area (Å²) < 4.78 is 0. The zero-order valence-corrected chi connectivity index (χ0v) is 7.66. The van der Waals surface area contributed by atoms with Crippen molar-refractivity contribution < 1.29 is 4.79 Å².